The molecule has 4 rings (SSSR count). The largest absolute Gasteiger partial charge is 0.493 e. The summed E-state index contributed by atoms with van der Waals surface area (Å²) in [4.78, 5) is 0. The van der Waals surface area contributed by atoms with Crippen LogP contribution in [0.2, 0.25) is 0 Å². The normalized spacial score (nSPS) is 17.1. The summed E-state index contributed by atoms with van der Waals surface area (Å²) in [5, 5.41) is 3.56. The molecule has 21 heavy (non-hydrogen) atoms. The Labute approximate surface area is 126 Å². The highest BCUT2D eigenvalue weighted by Crippen LogP contribution is 2.36. The van der Waals surface area contributed by atoms with Crippen LogP contribution in [-0.2, 0) is 13.0 Å². The third-order valence-corrected chi connectivity index (χ3v) is 4.37. The smallest absolute Gasteiger partial charge is 0.130 e. The summed E-state index contributed by atoms with van der Waals surface area (Å²) in [6, 6.07) is 16.2. The molecule has 1 N–H and O–H groups in total. The lowest BCUT2D eigenvalue weighted by molar-refractivity contribution is 0.289. The van der Waals surface area contributed by atoms with Gasteiger partial charge in [-0.05, 0) is 42.4 Å². The molecule has 1 saturated carbocycles. The maximum Gasteiger partial charge on any atom is 0.130 e. The second-order valence-corrected chi connectivity index (χ2v) is 6.10. The Bertz CT molecular complexity index is 629. The van der Waals surface area contributed by atoms with Crippen molar-refractivity contribution >= 4 is 0 Å². The first-order valence-electron chi connectivity index (χ1n) is 7.97. The quantitative estimate of drug-likeness (QED) is 0.915. The fraction of sp³-hybridized carbons (Fsp3) is 0.368. The Balaban J connectivity index is 1.58. The molecule has 0 spiro atoms. The van der Waals surface area contributed by atoms with Gasteiger partial charge in [-0.1, -0.05) is 42.5 Å². The monoisotopic (exact) mass is 279 g/mol. The Kier molecular flexibility index (Phi) is 3.40. The number of hydrogen-bond donors (Lipinski definition) is 1. The molecular weight excluding hydrogens is 258 g/mol. The predicted octanol–water partition coefficient (Wildman–Crippen LogP) is 3.93. The van der Waals surface area contributed by atoms with E-state index in [9.17, 15) is 0 Å². The van der Waals surface area contributed by atoms with Crippen LogP contribution in [0.1, 0.15) is 30.4 Å². The van der Waals surface area contributed by atoms with Crippen LogP contribution in [0.5, 0.6) is 5.75 Å². The zero-order chi connectivity index (χ0) is 14.1. The molecule has 0 unspecified atom stereocenters. The molecule has 2 aliphatic rings. The standard InChI is InChI=1S/C19H21NO/c1-3-16-4-2-12-21-19(16)18(5-1)15-8-6-14(7-9-15)13-20-17-10-11-17/h1,3,5-9,17,20H,2,4,10-13H2. The predicted molar refractivity (Wildman–Crippen MR) is 85.6 cm³/mol. The minimum Gasteiger partial charge on any atom is -0.493 e. The topological polar surface area (TPSA) is 21.3 Å². The van der Waals surface area contributed by atoms with Crippen LogP contribution in [0.25, 0.3) is 11.1 Å². The third kappa shape index (κ3) is 2.81. The van der Waals surface area contributed by atoms with E-state index in [1.165, 1.54) is 35.1 Å². The molecule has 0 bridgehead atoms. The van der Waals surface area contributed by atoms with Crippen LogP contribution in [0.15, 0.2) is 42.5 Å². The molecule has 1 aliphatic carbocycles. The van der Waals surface area contributed by atoms with Gasteiger partial charge in [0, 0.05) is 18.2 Å². The molecule has 0 saturated heterocycles. The number of rotatable bonds is 4. The van der Waals surface area contributed by atoms with Gasteiger partial charge in [0.1, 0.15) is 5.75 Å². The minimum absolute atomic E-state index is 0.763. The van der Waals surface area contributed by atoms with Crippen molar-refractivity contribution in [3.05, 3.63) is 53.6 Å². The molecule has 2 aromatic rings. The van der Waals surface area contributed by atoms with Crippen molar-refractivity contribution in [2.75, 3.05) is 6.61 Å². The van der Waals surface area contributed by atoms with Crippen LogP contribution in [0.4, 0.5) is 0 Å². The van der Waals surface area contributed by atoms with Crippen molar-refractivity contribution in [3.8, 4) is 16.9 Å². The second-order valence-electron chi connectivity index (χ2n) is 6.10. The highest BCUT2D eigenvalue weighted by molar-refractivity contribution is 5.72. The Morgan fingerprint density at radius 3 is 2.71 bits per heavy atom. The molecule has 0 amide bonds. The van der Waals surface area contributed by atoms with Crippen LogP contribution in [-0.4, -0.2) is 12.6 Å². The minimum atomic E-state index is 0.763. The maximum absolute atomic E-state index is 5.91. The number of hydrogen-bond acceptors (Lipinski definition) is 2. The van der Waals surface area contributed by atoms with Crippen molar-refractivity contribution in [3.63, 3.8) is 0 Å². The summed E-state index contributed by atoms with van der Waals surface area (Å²) in [5.74, 6) is 1.09. The number of fused-ring (bicyclic) bond motifs is 1. The first-order chi connectivity index (χ1) is 10.4. The van der Waals surface area contributed by atoms with Gasteiger partial charge in [-0.15, -0.1) is 0 Å². The molecular formula is C19H21NO. The van der Waals surface area contributed by atoms with Crippen molar-refractivity contribution in [1.29, 1.82) is 0 Å². The Morgan fingerprint density at radius 1 is 1.05 bits per heavy atom. The Morgan fingerprint density at radius 2 is 1.90 bits per heavy atom. The molecule has 0 aromatic heterocycles. The van der Waals surface area contributed by atoms with Crippen molar-refractivity contribution < 1.29 is 4.74 Å². The summed E-state index contributed by atoms with van der Waals surface area (Å²) < 4.78 is 5.91. The number of nitrogens with one attached hydrogen (secondary N) is 1. The molecule has 1 heterocycles. The number of benzene rings is 2. The van der Waals surface area contributed by atoms with Crippen molar-refractivity contribution in [2.45, 2.75) is 38.3 Å². The van der Waals surface area contributed by atoms with Gasteiger partial charge in [-0.25, -0.2) is 0 Å². The molecule has 0 radical (unpaired) electrons. The van der Waals surface area contributed by atoms with Gasteiger partial charge >= 0.3 is 0 Å². The first-order valence-corrected chi connectivity index (χ1v) is 7.97. The number of para-hydroxylation sites is 1. The molecule has 108 valence electrons. The number of aryl methyl sites for hydroxylation is 1. The van der Waals surface area contributed by atoms with E-state index in [4.69, 9.17) is 4.74 Å². The maximum atomic E-state index is 5.91. The van der Waals surface area contributed by atoms with Crippen LogP contribution < -0.4 is 10.1 Å². The van der Waals surface area contributed by atoms with Crippen molar-refractivity contribution in [1.82, 2.24) is 5.32 Å². The lowest BCUT2D eigenvalue weighted by Crippen LogP contribution is -2.15. The third-order valence-electron chi connectivity index (χ3n) is 4.37. The average Bonchev–Trinajstić information content (AvgIpc) is 3.37. The van der Waals surface area contributed by atoms with E-state index in [2.05, 4.69) is 47.8 Å². The fourth-order valence-corrected chi connectivity index (χ4v) is 2.97. The van der Waals surface area contributed by atoms with E-state index in [1.54, 1.807) is 0 Å². The molecule has 1 fully saturated rings. The summed E-state index contributed by atoms with van der Waals surface area (Å²) in [7, 11) is 0. The molecule has 2 heteroatoms. The fourth-order valence-electron chi connectivity index (χ4n) is 2.97. The van der Waals surface area contributed by atoms with Crippen molar-refractivity contribution in [2.24, 2.45) is 0 Å². The van der Waals surface area contributed by atoms with Gasteiger partial charge in [0.15, 0.2) is 0 Å². The van der Waals surface area contributed by atoms with E-state index in [0.717, 1.165) is 37.8 Å². The number of ether oxygens (including phenoxy) is 1. The lowest BCUT2D eigenvalue weighted by Gasteiger charge is -2.20. The molecule has 2 nitrogen and oxygen atoms in total. The summed E-state index contributed by atoms with van der Waals surface area (Å²) >= 11 is 0. The van der Waals surface area contributed by atoms with Gasteiger partial charge in [-0.3, -0.25) is 0 Å². The van der Waals surface area contributed by atoms with Crippen LogP contribution in [0, 0.1) is 0 Å². The van der Waals surface area contributed by atoms with E-state index >= 15 is 0 Å². The van der Waals surface area contributed by atoms with Crippen LogP contribution >= 0.6 is 0 Å². The summed E-state index contributed by atoms with van der Waals surface area (Å²) in [6.45, 7) is 1.82. The highest BCUT2D eigenvalue weighted by Gasteiger charge is 2.20. The second kappa shape index (κ2) is 5.53. The highest BCUT2D eigenvalue weighted by atomic mass is 16.5. The molecule has 0 atom stereocenters. The van der Waals surface area contributed by atoms with Gasteiger partial charge in [0.25, 0.3) is 0 Å². The Hall–Kier alpha value is -1.80. The van der Waals surface area contributed by atoms with E-state index in [0.29, 0.717) is 0 Å². The van der Waals surface area contributed by atoms with Gasteiger partial charge in [0.05, 0.1) is 6.61 Å². The summed E-state index contributed by atoms with van der Waals surface area (Å²) in [6.07, 6.45) is 4.94. The SMILES string of the molecule is c1cc2c(c(-c3ccc(CNC4CC4)cc3)c1)OCCC2. The van der Waals surface area contributed by atoms with Gasteiger partial charge in [-0.2, -0.15) is 0 Å². The first kappa shape index (κ1) is 12.9. The van der Waals surface area contributed by atoms with Crippen LogP contribution in [0.3, 0.4) is 0 Å². The molecule has 2 aromatic carbocycles. The summed E-state index contributed by atoms with van der Waals surface area (Å²) in [5.41, 5.74) is 5.19. The van der Waals surface area contributed by atoms with E-state index in [1.807, 2.05) is 0 Å². The van der Waals surface area contributed by atoms with Gasteiger partial charge in [0.2, 0.25) is 0 Å². The van der Waals surface area contributed by atoms with E-state index < -0.39 is 0 Å². The zero-order valence-corrected chi connectivity index (χ0v) is 12.3. The van der Waals surface area contributed by atoms with E-state index in [-0.39, 0.29) is 0 Å². The van der Waals surface area contributed by atoms with Gasteiger partial charge < -0.3 is 10.1 Å². The lowest BCUT2D eigenvalue weighted by atomic mass is 9.97. The average molecular weight is 279 g/mol. The molecule has 1 aliphatic heterocycles. The zero-order valence-electron chi connectivity index (χ0n) is 12.3.